The molecule has 0 saturated carbocycles. The molecule has 0 fully saturated rings. The predicted molar refractivity (Wildman–Crippen MR) is 112 cm³/mol. The van der Waals surface area contributed by atoms with Gasteiger partial charge in [0.1, 0.15) is 16.9 Å². The average Bonchev–Trinajstić information content (AvgIpc) is 3.01. The topological polar surface area (TPSA) is 134 Å². The van der Waals surface area contributed by atoms with Crippen molar-refractivity contribution >= 4 is 43.7 Å². The van der Waals surface area contributed by atoms with Crippen LogP contribution in [0.4, 0.5) is 16.4 Å². The van der Waals surface area contributed by atoms with E-state index in [-0.39, 0.29) is 10.6 Å². The molecular weight excluding hydrogens is 410 g/mol. The first-order valence-corrected chi connectivity index (χ1v) is 10.8. The maximum atomic E-state index is 11.2. The van der Waals surface area contributed by atoms with Crippen LogP contribution in [0.1, 0.15) is 19.0 Å². The van der Waals surface area contributed by atoms with Gasteiger partial charge in [-0.05, 0) is 36.4 Å². The van der Waals surface area contributed by atoms with Crippen molar-refractivity contribution < 1.29 is 13.0 Å². The van der Waals surface area contributed by atoms with Crippen molar-refractivity contribution in [3.05, 3.63) is 65.1 Å². The maximum Gasteiger partial charge on any atom is 0.294 e. The van der Waals surface area contributed by atoms with Crippen LogP contribution >= 0.6 is 11.3 Å². The van der Waals surface area contributed by atoms with E-state index in [9.17, 15) is 13.7 Å². The molecule has 8 nitrogen and oxygen atoms in total. The van der Waals surface area contributed by atoms with Crippen molar-refractivity contribution in [3.63, 3.8) is 0 Å². The van der Waals surface area contributed by atoms with Crippen molar-refractivity contribution in [3.8, 4) is 6.07 Å². The summed E-state index contributed by atoms with van der Waals surface area (Å²) in [7, 11) is -4.28. The molecular formula is C19H17N5O3S2. The highest BCUT2D eigenvalue weighted by Crippen LogP contribution is 2.20. The Bertz CT molecular complexity index is 1270. The summed E-state index contributed by atoms with van der Waals surface area (Å²) in [6.45, 7) is 1.87. The Morgan fingerprint density at radius 2 is 1.83 bits per heavy atom. The van der Waals surface area contributed by atoms with Gasteiger partial charge in [-0.25, -0.2) is 9.98 Å². The van der Waals surface area contributed by atoms with E-state index in [1.165, 1.54) is 35.6 Å². The number of rotatable bonds is 4. The van der Waals surface area contributed by atoms with E-state index >= 15 is 0 Å². The lowest BCUT2D eigenvalue weighted by molar-refractivity contribution is 0.483. The second kappa shape index (κ2) is 8.40. The zero-order valence-corrected chi connectivity index (χ0v) is 17.0. The fraction of sp³-hybridized carbons (Fsp3) is 0.105. The van der Waals surface area contributed by atoms with Gasteiger partial charge in [0.15, 0.2) is 10.5 Å². The van der Waals surface area contributed by atoms with Crippen LogP contribution in [0.15, 0.2) is 69.5 Å². The zero-order valence-electron chi connectivity index (χ0n) is 15.3. The SMILES string of the molecule is CCC(=Nc1ccc(S(=O)(=O)O)cc1)n1c(C#N)c(N)sc1=Nc1ccccc1. The minimum Gasteiger partial charge on any atom is -0.388 e. The minimum atomic E-state index is -4.28. The molecule has 1 aromatic heterocycles. The summed E-state index contributed by atoms with van der Waals surface area (Å²) in [5, 5.41) is 9.90. The number of aromatic nitrogens is 1. The summed E-state index contributed by atoms with van der Waals surface area (Å²) in [6.07, 6.45) is 0.465. The molecule has 0 aliphatic rings. The van der Waals surface area contributed by atoms with Crippen LogP contribution in [0.5, 0.6) is 0 Å². The largest absolute Gasteiger partial charge is 0.388 e. The number of aliphatic imine (C=N–C) groups is 1. The number of hydrogen-bond donors (Lipinski definition) is 2. The fourth-order valence-corrected chi connectivity index (χ4v) is 3.91. The van der Waals surface area contributed by atoms with E-state index in [0.717, 1.165) is 0 Å². The molecule has 0 radical (unpaired) electrons. The molecule has 0 aliphatic carbocycles. The molecule has 10 heteroatoms. The van der Waals surface area contributed by atoms with E-state index in [0.29, 0.717) is 33.4 Å². The Kier molecular flexibility index (Phi) is 5.93. The Morgan fingerprint density at radius 1 is 1.17 bits per heavy atom. The van der Waals surface area contributed by atoms with Crippen LogP contribution < -0.4 is 10.5 Å². The highest BCUT2D eigenvalue weighted by atomic mass is 32.2. The van der Waals surface area contributed by atoms with Gasteiger partial charge < -0.3 is 5.73 Å². The van der Waals surface area contributed by atoms with Gasteiger partial charge in [0.25, 0.3) is 10.1 Å². The van der Waals surface area contributed by atoms with E-state index in [1.807, 2.05) is 37.3 Å². The van der Waals surface area contributed by atoms with Gasteiger partial charge in [-0.3, -0.25) is 9.12 Å². The number of nitrogens with two attached hydrogens (primary N) is 1. The fourth-order valence-electron chi connectivity index (χ4n) is 2.56. The summed E-state index contributed by atoms with van der Waals surface area (Å²) in [5.74, 6) is 0.517. The normalized spacial score (nSPS) is 12.7. The van der Waals surface area contributed by atoms with E-state index in [4.69, 9.17) is 10.3 Å². The van der Waals surface area contributed by atoms with Crippen LogP contribution in [0.3, 0.4) is 0 Å². The third-order valence-electron chi connectivity index (χ3n) is 3.90. The van der Waals surface area contributed by atoms with Gasteiger partial charge in [-0.2, -0.15) is 13.7 Å². The number of nitrogens with zero attached hydrogens (tertiary/aromatic N) is 4. The third-order valence-corrected chi connectivity index (χ3v) is 5.64. The molecule has 3 aromatic rings. The van der Waals surface area contributed by atoms with Gasteiger partial charge >= 0.3 is 0 Å². The van der Waals surface area contributed by atoms with Crippen molar-refractivity contribution in [1.29, 1.82) is 5.26 Å². The van der Waals surface area contributed by atoms with Crippen LogP contribution in [0.2, 0.25) is 0 Å². The molecule has 0 saturated heterocycles. The lowest BCUT2D eigenvalue weighted by atomic mass is 10.3. The van der Waals surface area contributed by atoms with Crippen LogP contribution in [-0.2, 0) is 10.1 Å². The molecule has 0 spiro atoms. The first kappa shape index (κ1) is 20.5. The monoisotopic (exact) mass is 427 g/mol. The number of benzene rings is 2. The number of anilines is 1. The third kappa shape index (κ3) is 4.60. The lowest BCUT2D eigenvalue weighted by Crippen LogP contribution is -2.24. The predicted octanol–water partition coefficient (Wildman–Crippen LogP) is 3.47. The molecule has 29 heavy (non-hydrogen) atoms. The van der Waals surface area contributed by atoms with Crippen LogP contribution in [0, 0.1) is 11.3 Å². The van der Waals surface area contributed by atoms with E-state index in [1.54, 1.807) is 4.57 Å². The van der Waals surface area contributed by atoms with E-state index in [2.05, 4.69) is 16.1 Å². The second-order valence-electron chi connectivity index (χ2n) is 5.84. The Hall–Kier alpha value is -3.26. The number of nitrogen functional groups attached to an aromatic ring is 1. The van der Waals surface area contributed by atoms with E-state index < -0.39 is 10.1 Å². The Balaban J connectivity index is 2.16. The number of nitriles is 1. The van der Waals surface area contributed by atoms with Crippen molar-refractivity contribution in [2.24, 2.45) is 9.98 Å². The lowest BCUT2D eigenvalue weighted by Gasteiger charge is -2.08. The molecule has 0 unspecified atom stereocenters. The number of para-hydroxylation sites is 1. The van der Waals surface area contributed by atoms with Crippen molar-refractivity contribution in [2.75, 3.05) is 5.73 Å². The molecule has 0 aliphatic heterocycles. The summed E-state index contributed by atoms with van der Waals surface area (Å²) in [4.78, 5) is 9.40. The maximum absolute atomic E-state index is 11.2. The Labute approximate surface area is 171 Å². The molecule has 0 bridgehead atoms. The van der Waals surface area contributed by atoms with Gasteiger partial charge in [0.05, 0.1) is 16.3 Å². The first-order chi connectivity index (χ1) is 13.8. The smallest absolute Gasteiger partial charge is 0.294 e. The summed E-state index contributed by atoms with van der Waals surface area (Å²) in [6, 6.07) is 16.8. The summed E-state index contributed by atoms with van der Waals surface area (Å²) < 4.78 is 33.1. The van der Waals surface area contributed by atoms with Crippen LogP contribution in [-0.4, -0.2) is 23.4 Å². The molecule has 148 valence electrons. The standard InChI is InChI=1S/C19H17N5O3S2/c1-2-17(22-14-8-10-15(11-9-14)29(25,26)27)24-16(12-20)18(21)28-19(24)23-13-6-4-3-5-7-13/h3-11H,2,21H2,1H3,(H,25,26,27). The van der Waals surface area contributed by atoms with Gasteiger partial charge in [-0.15, -0.1) is 0 Å². The van der Waals surface area contributed by atoms with Gasteiger partial charge in [0.2, 0.25) is 0 Å². The highest BCUT2D eigenvalue weighted by molar-refractivity contribution is 7.85. The van der Waals surface area contributed by atoms with Crippen LogP contribution in [0.25, 0.3) is 0 Å². The molecule has 3 rings (SSSR count). The molecule has 3 N–H and O–H groups in total. The second-order valence-corrected chi connectivity index (χ2v) is 8.27. The Morgan fingerprint density at radius 3 is 2.38 bits per heavy atom. The highest BCUT2D eigenvalue weighted by Gasteiger charge is 2.16. The molecule has 0 amide bonds. The number of hydrogen-bond acceptors (Lipinski definition) is 7. The summed E-state index contributed by atoms with van der Waals surface area (Å²) >= 11 is 1.18. The summed E-state index contributed by atoms with van der Waals surface area (Å²) in [5.41, 5.74) is 7.43. The quantitative estimate of drug-likeness (QED) is 0.373. The molecule has 2 aromatic carbocycles. The van der Waals surface area contributed by atoms with Gasteiger partial charge in [-0.1, -0.05) is 36.5 Å². The van der Waals surface area contributed by atoms with Crippen molar-refractivity contribution in [2.45, 2.75) is 18.2 Å². The molecule has 0 atom stereocenters. The first-order valence-electron chi connectivity index (χ1n) is 8.50. The number of thiazole rings is 1. The zero-order chi connectivity index (χ0) is 21.0. The minimum absolute atomic E-state index is 0.223. The van der Waals surface area contributed by atoms with Crippen molar-refractivity contribution in [1.82, 2.24) is 4.57 Å². The molecule has 1 heterocycles. The van der Waals surface area contributed by atoms with Gasteiger partial charge in [0, 0.05) is 6.42 Å². The average molecular weight is 428 g/mol.